The van der Waals surface area contributed by atoms with Crippen LogP contribution in [0.3, 0.4) is 0 Å². The highest BCUT2D eigenvalue weighted by atomic mass is 32.2. The highest BCUT2D eigenvalue weighted by Crippen LogP contribution is 2.52. The van der Waals surface area contributed by atoms with Gasteiger partial charge in [-0.25, -0.2) is 4.79 Å². The zero-order chi connectivity index (χ0) is 22.9. The molecule has 0 spiro atoms. The van der Waals surface area contributed by atoms with Crippen molar-refractivity contribution in [3.8, 4) is 0 Å². The molecule has 1 saturated heterocycles. The SMILES string of the molecule is O=C1O[C@H]2C[C@@H](SCc3ccccc3)c3[nH]c4ccccc4c3[C@H]2N1CCSc1ccccc1. The molecule has 0 bridgehead atoms. The van der Waals surface area contributed by atoms with E-state index < -0.39 is 0 Å². The van der Waals surface area contributed by atoms with E-state index in [1.807, 2.05) is 22.7 Å². The lowest BCUT2D eigenvalue weighted by molar-refractivity contribution is 0.122. The number of hydrogen-bond donors (Lipinski definition) is 1. The number of ether oxygens (including phenoxy) is 1. The molecule has 2 aliphatic rings. The van der Waals surface area contributed by atoms with Crippen molar-refractivity contribution in [2.24, 2.45) is 0 Å². The van der Waals surface area contributed by atoms with Gasteiger partial charge in [0, 0.05) is 56.8 Å². The minimum absolute atomic E-state index is 0.0383. The third kappa shape index (κ3) is 4.10. The van der Waals surface area contributed by atoms with Gasteiger partial charge in [0.15, 0.2) is 0 Å². The minimum Gasteiger partial charge on any atom is -0.443 e. The van der Waals surface area contributed by atoms with Crippen LogP contribution in [0.4, 0.5) is 4.79 Å². The number of rotatable bonds is 7. The first kappa shape index (κ1) is 21.7. The molecule has 0 unspecified atom stereocenters. The average Bonchev–Trinajstić information content (AvgIpc) is 3.41. The molecular formula is C28H26N2O2S2. The molecule has 1 aliphatic carbocycles. The van der Waals surface area contributed by atoms with Crippen molar-refractivity contribution in [2.45, 2.75) is 34.5 Å². The van der Waals surface area contributed by atoms with Crippen molar-refractivity contribution >= 4 is 40.5 Å². The van der Waals surface area contributed by atoms with Crippen molar-refractivity contribution in [1.82, 2.24) is 9.88 Å². The summed E-state index contributed by atoms with van der Waals surface area (Å²) in [4.78, 5) is 19.9. The van der Waals surface area contributed by atoms with Crippen LogP contribution in [0.2, 0.25) is 0 Å². The molecule has 1 fully saturated rings. The molecule has 1 N–H and O–H groups in total. The molecule has 1 aliphatic heterocycles. The van der Waals surface area contributed by atoms with E-state index in [9.17, 15) is 4.79 Å². The number of aromatic amines is 1. The van der Waals surface area contributed by atoms with Gasteiger partial charge in [-0.15, -0.1) is 23.5 Å². The Kier molecular flexibility index (Phi) is 6.02. The number of aromatic nitrogens is 1. The Bertz CT molecular complexity index is 1290. The standard InChI is InChI=1S/C28H26N2O2S2/c31-28-30(15-16-33-20-11-5-2-6-12-20)27-23(32-28)17-24(34-18-19-9-3-1-4-10-19)26-25(27)21-13-7-8-14-22(21)29-26/h1-14,23-24,27,29H,15-18H2/t23-,24+,27-/m0/s1. The van der Waals surface area contributed by atoms with Gasteiger partial charge in [-0.2, -0.15) is 0 Å². The summed E-state index contributed by atoms with van der Waals surface area (Å²) in [6, 6.07) is 29.4. The number of H-pyrrole nitrogens is 1. The summed E-state index contributed by atoms with van der Waals surface area (Å²) in [7, 11) is 0. The summed E-state index contributed by atoms with van der Waals surface area (Å²) in [5.41, 5.74) is 4.95. The summed E-state index contributed by atoms with van der Waals surface area (Å²) in [6.45, 7) is 0.667. The molecule has 34 heavy (non-hydrogen) atoms. The molecule has 3 atom stereocenters. The van der Waals surface area contributed by atoms with Crippen molar-refractivity contribution in [2.75, 3.05) is 12.3 Å². The van der Waals surface area contributed by atoms with Crippen LogP contribution in [0.5, 0.6) is 0 Å². The van der Waals surface area contributed by atoms with Crippen molar-refractivity contribution in [3.63, 3.8) is 0 Å². The minimum atomic E-state index is -0.186. The number of amides is 1. The second kappa shape index (κ2) is 9.43. The largest absolute Gasteiger partial charge is 0.443 e. The Balaban J connectivity index is 1.29. The van der Waals surface area contributed by atoms with E-state index in [1.54, 1.807) is 11.8 Å². The summed E-state index contributed by atoms with van der Waals surface area (Å²) in [6.07, 6.45) is 0.526. The lowest BCUT2D eigenvalue weighted by Crippen LogP contribution is -2.34. The molecule has 1 aromatic heterocycles. The summed E-state index contributed by atoms with van der Waals surface area (Å²) in [5.74, 6) is 1.77. The van der Waals surface area contributed by atoms with Gasteiger partial charge in [-0.1, -0.05) is 66.7 Å². The normalized spacial score (nSPS) is 21.4. The van der Waals surface area contributed by atoms with Gasteiger partial charge in [0.1, 0.15) is 6.10 Å². The van der Waals surface area contributed by atoms with Crippen LogP contribution in [0.25, 0.3) is 10.9 Å². The second-order valence-corrected chi connectivity index (χ2v) is 11.1. The third-order valence-electron chi connectivity index (χ3n) is 6.65. The Morgan fingerprint density at radius 3 is 2.50 bits per heavy atom. The monoisotopic (exact) mass is 486 g/mol. The fraction of sp³-hybridized carbons (Fsp3) is 0.250. The number of para-hydroxylation sites is 1. The van der Waals surface area contributed by atoms with Crippen molar-refractivity contribution in [1.29, 1.82) is 0 Å². The number of carbonyl (C=O) groups excluding carboxylic acids is 1. The lowest BCUT2D eigenvalue weighted by Gasteiger charge is -2.33. The summed E-state index contributed by atoms with van der Waals surface area (Å²) in [5, 5.41) is 1.46. The Morgan fingerprint density at radius 1 is 0.941 bits per heavy atom. The predicted octanol–water partition coefficient (Wildman–Crippen LogP) is 7.20. The van der Waals surface area contributed by atoms with Crippen LogP contribution in [-0.2, 0) is 10.5 Å². The Labute approximate surface area is 208 Å². The molecule has 0 saturated carbocycles. The van der Waals surface area contributed by atoms with Crippen LogP contribution in [0.15, 0.2) is 89.8 Å². The molecule has 6 rings (SSSR count). The number of hydrogen-bond acceptors (Lipinski definition) is 4. The molecular weight excluding hydrogens is 460 g/mol. The lowest BCUT2D eigenvalue weighted by atomic mass is 9.87. The summed E-state index contributed by atoms with van der Waals surface area (Å²) >= 11 is 3.71. The number of thioether (sulfide) groups is 2. The highest BCUT2D eigenvalue weighted by Gasteiger charge is 2.49. The molecule has 1 amide bonds. The van der Waals surface area contributed by atoms with Crippen LogP contribution < -0.4 is 0 Å². The maximum Gasteiger partial charge on any atom is 0.410 e. The number of carbonyl (C=O) groups is 1. The smallest absolute Gasteiger partial charge is 0.410 e. The molecule has 6 heteroatoms. The second-order valence-electron chi connectivity index (χ2n) is 8.74. The van der Waals surface area contributed by atoms with E-state index in [4.69, 9.17) is 4.74 Å². The van der Waals surface area contributed by atoms with Crippen molar-refractivity contribution < 1.29 is 9.53 Å². The van der Waals surface area contributed by atoms with E-state index in [0.29, 0.717) is 6.54 Å². The van der Waals surface area contributed by atoms with E-state index in [-0.39, 0.29) is 23.5 Å². The first-order chi connectivity index (χ1) is 16.8. The van der Waals surface area contributed by atoms with Gasteiger partial charge in [-0.05, 0) is 23.8 Å². The predicted molar refractivity (Wildman–Crippen MR) is 140 cm³/mol. The first-order valence-corrected chi connectivity index (χ1v) is 13.7. The fourth-order valence-electron chi connectivity index (χ4n) is 5.11. The third-order valence-corrected chi connectivity index (χ3v) is 8.98. The number of nitrogens with one attached hydrogen (secondary N) is 1. The quantitative estimate of drug-likeness (QED) is 0.281. The van der Waals surface area contributed by atoms with Gasteiger partial charge in [0.2, 0.25) is 0 Å². The highest BCUT2D eigenvalue weighted by molar-refractivity contribution is 7.99. The van der Waals surface area contributed by atoms with E-state index in [0.717, 1.165) is 23.4 Å². The van der Waals surface area contributed by atoms with Crippen molar-refractivity contribution in [3.05, 3.63) is 102 Å². The number of nitrogens with zero attached hydrogens (tertiary/aromatic N) is 1. The first-order valence-electron chi connectivity index (χ1n) is 11.7. The average molecular weight is 487 g/mol. The van der Waals surface area contributed by atoms with Crippen LogP contribution >= 0.6 is 23.5 Å². The molecule has 172 valence electrons. The molecule has 3 aromatic carbocycles. The molecule has 0 radical (unpaired) electrons. The zero-order valence-electron chi connectivity index (χ0n) is 18.7. The topological polar surface area (TPSA) is 45.3 Å². The number of fused-ring (bicyclic) bond motifs is 5. The fourth-order valence-corrected chi connectivity index (χ4v) is 7.25. The van der Waals surface area contributed by atoms with Gasteiger partial charge in [0.25, 0.3) is 0 Å². The van der Waals surface area contributed by atoms with Gasteiger partial charge >= 0.3 is 6.09 Å². The van der Waals surface area contributed by atoms with Gasteiger partial charge in [-0.3, -0.25) is 4.90 Å². The zero-order valence-corrected chi connectivity index (χ0v) is 20.4. The molecule has 2 heterocycles. The molecule has 4 nitrogen and oxygen atoms in total. The van der Waals surface area contributed by atoms with Gasteiger partial charge in [0.05, 0.1) is 6.04 Å². The summed E-state index contributed by atoms with van der Waals surface area (Å²) < 4.78 is 5.99. The van der Waals surface area contributed by atoms with E-state index >= 15 is 0 Å². The Morgan fingerprint density at radius 2 is 1.68 bits per heavy atom. The molecule has 4 aromatic rings. The maximum atomic E-state index is 13.0. The van der Waals surface area contributed by atoms with Gasteiger partial charge < -0.3 is 9.72 Å². The van der Waals surface area contributed by atoms with Crippen LogP contribution in [0.1, 0.15) is 34.5 Å². The van der Waals surface area contributed by atoms with Crippen LogP contribution in [0, 0.1) is 0 Å². The Hall–Kier alpha value is -2.83. The van der Waals surface area contributed by atoms with Crippen LogP contribution in [-0.4, -0.2) is 34.4 Å². The number of benzene rings is 3. The van der Waals surface area contributed by atoms with E-state index in [1.165, 1.54) is 27.1 Å². The van der Waals surface area contributed by atoms with E-state index in [2.05, 4.69) is 83.8 Å². The maximum absolute atomic E-state index is 13.0.